The van der Waals surface area contributed by atoms with E-state index in [0.717, 1.165) is 18.2 Å². The van der Waals surface area contributed by atoms with E-state index in [2.05, 4.69) is 10.3 Å². The molecule has 1 heterocycles. The number of hydrogen-bond acceptors (Lipinski definition) is 6. The summed E-state index contributed by atoms with van der Waals surface area (Å²) in [7, 11) is 0. The number of carbonyl (C=O) groups excluding carboxylic acids is 3. The van der Waals surface area contributed by atoms with E-state index in [1.165, 1.54) is 0 Å². The molecule has 0 aromatic carbocycles. The van der Waals surface area contributed by atoms with Gasteiger partial charge in [-0.15, -0.1) is 0 Å². The number of primary amides is 1. The van der Waals surface area contributed by atoms with Gasteiger partial charge in [0.15, 0.2) is 0 Å². The van der Waals surface area contributed by atoms with Crippen LogP contribution in [0.15, 0.2) is 23.4 Å². The summed E-state index contributed by atoms with van der Waals surface area (Å²) in [5, 5.41) is 3.05. The summed E-state index contributed by atoms with van der Waals surface area (Å²) in [6.07, 6.45) is 2.71. The van der Waals surface area contributed by atoms with Gasteiger partial charge in [-0.3, -0.25) is 14.4 Å². The minimum atomic E-state index is -0.482. The second-order valence-electron chi connectivity index (χ2n) is 4.36. The molecule has 1 aromatic heterocycles. The van der Waals surface area contributed by atoms with Crippen LogP contribution in [-0.4, -0.2) is 35.3 Å². The molecule has 0 bridgehead atoms. The molecule has 0 atom stereocenters. The first-order valence-corrected chi connectivity index (χ1v) is 7.83. The third kappa shape index (κ3) is 6.57. The maximum atomic E-state index is 12.0. The Morgan fingerprint density at radius 3 is 2.82 bits per heavy atom. The van der Waals surface area contributed by atoms with Gasteiger partial charge in [-0.2, -0.15) is 0 Å². The lowest BCUT2D eigenvalue weighted by atomic mass is 10.2. The smallest absolute Gasteiger partial charge is 0.306 e. The minimum absolute atomic E-state index is 0.0725. The van der Waals surface area contributed by atoms with Crippen molar-refractivity contribution in [3.63, 3.8) is 0 Å². The van der Waals surface area contributed by atoms with Crippen LogP contribution < -0.4 is 11.1 Å². The molecule has 3 N–H and O–H groups in total. The predicted octanol–water partition coefficient (Wildman–Crippen LogP) is 1.08. The molecule has 0 fully saturated rings. The molecular weight excluding hydrogens is 306 g/mol. The zero-order valence-corrected chi connectivity index (χ0v) is 13.1. The monoisotopic (exact) mass is 325 g/mol. The van der Waals surface area contributed by atoms with Crippen LogP contribution in [-0.2, 0) is 14.3 Å². The van der Waals surface area contributed by atoms with Gasteiger partial charge in [0.1, 0.15) is 11.0 Å². The number of esters is 1. The van der Waals surface area contributed by atoms with E-state index in [4.69, 9.17) is 10.5 Å². The quantitative estimate of drug-likeness (QED) is 0.399. The van der Waals surface area contributed by atoms with Crippen LogP contribution in [0.4, 0.5) is 0 Å². The molecule has 0 aliphatic carbocycles. The Labute approximate surface area is 133 Å². The molecule has 0 saturated carbocycles. The molecule has 0 unspecified atom stereocenters. The topological polar surface area (TPSA) is 111 Å². The lowest BCUT2D eigenvalue weighted by Crippen LogP contribution is -2.28. The first kappa shape index (κ1) is 18.0. The SMILES string of the molecule is CCCC(=O)OCSc1ncccc1C(=O)NCCC(N)=O. The van der Waals surface area contributed by atoms with E-state index < -0.39 is 5.91 Å². The average Bonchev–Trinajstić information content (AvgIpc) is 2.47. The molecule has 0 aliphatic rings. The highest BCUT2D eigenvalue weighted by atomic mass is 32.2. The van der Waals surface area contributed by atoms with Crippen molar-refractivity contribution in [1.29, 1.82) is 0 Å². The van der Waals surface area contributed by atoms with Crippen LogP contribution in [0.5, 0.6) is 0 Å². The summed E-state index contributed by atoms with van der Waals surface area (Å²) in [5.41, 5.74) is 5.38. The number of carbonyl (C=O) groups is 3. The number of nitrogens with two attached hydrogens (primary N) is 1. The van der Waals surface area contributed by atoms with Crippen molar-refractivity contribution in [2.75, 3.05) is 12.5 Å². The van der Waals surface area contributed by atoms with Gasteiger partial charge >= 0.3 is 5.97 Å². The fourth-order valence-electron chi connectivity index (χ4n) is 1.50. The lowest BCUT2D eigenvalue weighted by Gasteiger charge is -2.08. The molecule has 0 radical (unpaired) electrons. The van der Waals surface area contributed by atoms with Crippen molar-refractivity contribution in [2.45, 2.75) is 31.2 Å². The second-order valence-corrected chi connectivity index (χ2v) is 5.27. The number of ether oxygens (including phenoxy) is 1. The molecule has 2 amide bonds. The van der Waals surface area contributed by atoms with E-state index >= 15 is 0 Å². The normalized spacial score (nSPS) is 10.0. The Kier molecular flexibility index (Phi) is 7.98. The fourth-order valence-corrected chi connectivity index (χ4v) is 2.25. The predicted molar refractivity (Wildman–Crippen MR) is 82.1 cm³/mol. The first-order valence-electron chi connectivity index (χ1n) is 6.84. The highest BCUT2D eigenvalue weighted by Crippen LogP contribution is 2.20. The Morgan fingerprint density at radius 2 is 2.14 bits per heavy atom. The third-order valence-electron chi connectivity index (χ3n) is 2.54. The highest BCUT2D eigenvalue weighted by Gasteiger charge is 2.13. The van der Waals surface area contributed by atoms with Crippen LogP contribution in [0.2, 0.25) is 0 Å². The Balaban J connectivity index is 2.55. The van der Waals surface area contributed by atoms with Crippen molar-refractivity contribution in [2.24, 2.45) is 5.73 Å². The van der Waals surface area contributed by atoms with Crippen LogP contribution in [0.1, 0.15) is 36.5 Å². The van der Waals surface area contributed by atoms with Gasteiger partial charge in [-0.25, -0.2) is 4.98 Å². The molecule has 22 heavy (non-hydrogen) atoms. The molecule has 1 rings (SSSR count). The van der Waals surface area contributed by atoms with Gasteiger partial charge < -0.3 is 15.8 Å². The highest BCUT2D eigenvalue weighted by molar-refractivity contribution is 7.99. The summed E-state index contributed by atoms with van der Waals surface area (Å²) in [6.45, 7) is 2.06. The molecule has 7 nitrogen and oxygen atoms in total. The maximum absolute atomic E-state index is 12.0. The summed E-state index contributed by atoms with van der Waals surface area (Å²) in [5.74, 6) is -1.02. The van der Waals surface area contributed by atoms with Gasteiger partial charge in [0.2, 0.25) is 5.91 Å². The Morgan fingerprint density at radius 1 is 1.36 bits per heavy atom. The summed E-state index contributed by atoms with van der Waals surface area (Å²) >= 11 is 1.16. The maximum Gasteiger partial charge on any atom is 0.306 e. The summed E-state index contributed by atoms with van der Waals surface area (Å²) < 4.78 is 5.02. The Bertz CT molecular complexity index is 537. The first-order chi connectivity index (χ1) is 10.5. The number of nitrogens with zero attached hydrogens (tertiary/aromatic N) is 1. The average molecular weight is 325 g/mol. The number of thioether (sulfide) groups is 1. The third-order valence-corrected chi connectivity index (χ3v) is 3.38. The molecule has 0 aliphatic heterocycles. The summed E-state index contributed by atoms with van der Waals surface area (Å²) in [4.78, 5) is 38.1. The Hall–Kier alpha value is -2.09. The fraction of sp³-hybridized carbons (Fsp3) is 0.429. The van der Waals surface area contributed by atoms with E-state index in [1.54, 1.807) is 18.3 Å². The number of hydrogen-bond donors (Lipinski definition) is 2. The number of rotatable bonds is 9. The van der Waals surface area contributed by atoms with Crippen LogP contribution in [0.3, 0.4) is 0 Å². The zero-order valence-electron chi connectivity index (χ0n) is 12.3. The van der Waals surface area contributed by atoms with Gasteiger partial charge in [0, 0.05) is 25.6 Å². The standard InChI is InChI=1S/C14H19N3O4S/c1-2-4-12(19)21-9-22-14-10(5-3-7-17-14)13(20)16-8-6-11(15)18/h3,5,7H,2,4,6,8-9H2,1H3,(H2,15,18)(H,16,20). The van der Waals surface area contributed by atoms with Crippen LogP contribution in [0.25, 0.3) is 0 Å². The van der Waals surface area contributed by atoms with Crippen LogP contribution >= 0.6 is 11.8 Å². The van der Waals surface area contributed by atoms with Crippen molar-refractivity contribution in [1.82, 2.24) is 10.3 Å². The number of aromatic nitrogens is 1. The van der Waals surface area contributed by atoms with Crippen molar-refractivity contribution in [3.8, 4) is 0 Å². The molecule has 0 saturated heterocycles. The van der Waals surface area contributed by atoms with E-state index in [-0.39, 0.29) is 30.8 Å². The molecular formula is C14H19N3O4S. The van der Waals surface area contributed by atoms with E-state index in [1.807, 2.05) is 6.92 Å². The molecule has 120 valence electrons. The molecule has 0 spiro atoms. The van der Waals surface area contributed by atoms with Gasteiger partial charge in [-0.1, -0.05) is 18.7 Å². The van der Waals surface area contributed by atoms with Gasteiger partial charge in [0.25, 0.3) is 5.91 Å². The van der Waals surface area contributed by atoms with Crippen molar-refractivity contribution in [3.05, 3.63) is 23.9 Å². The molecule has 8 heteroatoms. The minimum Gasteiger partial charge on any atom is -0.454 e. The van der Waals surface area contributed by atoms with Crippen LogP contribution in [0, 0.1) is 0 Å². The zero-order chi connectivity index (χ0) is 16.4. The second kappa shape index (κ2) is 9.78. The lowest BCUT2D eigenvalue weighted by molar-refractivity contribution is -0.141. The van der Waals surface area contributed by atoms with E-state index in [9.17, 15) is 14.4 Å². The largest absolute Gasteiger partial charge is 0.454 e. The van der Waals surface area contributed by atoms with Gasteiger partial charge in [-0.05, 0) is 18.6 Å². The van der Waals surface area contributed by atoms with E-state index in [0.29, 0.717) is 17.0 Å². The number of nitrogens with one attached hydrogen (secondary N) is 1. The summed E-state index contributed by atoms with van der Waals surface area (Å²) in [6, 6.07) is 3.25. The molecule has 1 aromatic rings. The number of pyridine rings is 1. The van der Waals surface area contributed by atoms with Crippen molar-refractivity contribution < 1.29 is 19.1 Å². The number of amides is 2. The van der Waals surface area contributed by atoms with Gasteiger partial charge in [0.05, 0.1) is 5.56 Å². The van der Waals surface area contributed by atoms with Crippen molar-refractivity contribution >= 4 is 29.5 Å².